The third-order valence-corrected chi connectivity index (χ3v) is 4.71. The Morgan fingerprint density at radius 3 is 2.85 bits per heavy atom. The second-order valence-corrected chi connectivity index (χ2v) is 7.48. The van der Waals surface area contributed by atoms with Crippen LogP contribution in [0, 0.1) is 6.92 Å². The molecule has 0 aromatic carbocycles. The molecule has 0 spiro atoms. The van der Waals surface area contributed by atoms with E-state index in [9.17, 15) is 4.79 Å². The van der Waals surface area contributed by atoms with E-state index in [-0.39, 0.29) is 18.0 Å². The van der Waals surface area contributed by atoms with Gasteiger partial charge in [0.25, 0.3) is 5.91 Å². The van der Waals surface area contributed by atoms with Crippen molar-refractivity contribution in [3.8, 4) is 0 Å². The predicted molar refractivity (Wildman–Crippen MR) is 99.8 cm³/mol. The van der Waals surface area contributed by atoms with Gasteiger partial charge in [-0.2, -0.15) is 5.10 Å². The lowest BCUT2D eigenvalue weighted by molar-refractivity contribution is 0.0717. The summed E-state index contributed by atoms with van der Waals surface area (Å²) >= 11 is 0. The van der Waals surface area contributed by atoms with Gasteiger partial charge in [-0.15, -0.1) is 0 Å². The van der Waals surface area contributed by atoms with Gasteiger partial charge in [-0.05, 0) is 53.8 Å². The topological polar surface area (TPSA) is 67.2 Å². The Balaban J connectivity index is 1.95. The summed E-state index contributed by atoms with van der Waals surface area (Å²) in [7, 11) is 4.06. The predicted octanol–water partition coefficient (Wildman–Crippen LogP) is 2.60. The number of aromatic nitrogens is 4. The quantitative estimate of drug-likeness (QED) is 0.824. The molecule has 7 nitrogen and oxygen atoms in total. The molecule has 7 heteroatoms. The molecule has 26 heavy (non-hydrogen) atoms. The largest absolute Gasteiger partial charge is 0.329 e. The van der Waals surface area contributed by atoms with Gasteiger partial charge < -0.3 is 9.80 Å². The molecule has 1 fully saturated rings. The average Bonchev–Trinajstić information content (AvgIpc) is 3.24. The first-order chi connectivity index (χ1) is 12.4. The highest BCUT2D eigenvalue weighted by molar-refractivity contribution is 5.93. The number of amides is 1. The highest BCUT2D eigenvalue weighted by Crippen LogP contribution is 2.34. The molecule has 0 unspecified atom stereocenters. The second-order valence-electron chi connectivity index (χ2n) is 7.48. The van der Waals surface area contributed by atoms with Crippen LogP contribution in [-0.2, 0) is 6.54 Å². The Labute approximate surface area is 155 Å². The van der Waals surface area contributed by atoms with E-state index < -0.39 is 0 Å². The number of nitrogens with zero attached hydrogens (tertiary/aromatic N) is 6. The number of hydrogen-bond acceptors (Lipinski definition) is 5. The van der Waals surface area contributed by atoms with Crippen molar-refractivity contribution in [2.24, 2.45) is 0 Å². The van der Waals surface area contributed by atoms with Crippen LogP contribution < -0.4 is 0 Å². The normalized spacial score (nSPS) is 17.5. The van der Waals surface area contributed by atoms with Crippen LogP contribution in [0.1, 0.15) is 66.3 Å². The molecule has 1 aliphatic rings. The summed E-state index contributed by atoms with van der Waals surface area (Å²) in [5, 5.41) is 4.31. The summed E-state index contributed by atoms with van der Waals surface area (Å²) in [6, 6.07) is 1.95. The van der Waals surface area contributed by atoms with Crippen LogP contribution in [0.25, 0.3) is 0 Å². The highest BCUT2D eigenvalue weighted by atomic mass is 16.2. The Bertz CT molecular complexity index is 782. The number of rotatable bonds is 5. The summed E-state index contributed by atoms with van der Waals surface area (Å²) in [6.07, 6.45) is 5.51. The van der Waals surface area contributed by atoms with E-state index in [4.69, 9.17) is 4.98 Å². The molecule has 0 radical (unpaired) electrons. The standard InChI is InChI=1S/C19H28N6O/c1-13(2)25-17(8-9-21-25)19(26)24-10-6-7-16(24)18-15(12-23(4)5)11-20-14(3)22-18/h8-9,11,13,16H,6-7,10,12H2,1-5H3/t16-/m1/s1. The van der Waals surface area contributed by atoms with Crippen molar-refractivity contribution >= 4 is 5.91 Å². The van der Waals surface area contributed by atoms with Crippen LogP contribution in [0.3, 0.4) is 0 Å². The molecular formula is C19H28N6O. The monoisotopic (exact) mass is 356 g/mol. The van der Waals surface area contributed by atoms with Crippen LogP contribution in [-0.4, -0.2) is 56.1 Å². The first-order valence-corrected chi connectivity index (χ1v) is 9.20. The van der Waals surface area contributed by atoms with Gasteiger partial charge in [0.15, 0.2) is 0 Å². The Morgan fingerprint density at radius 2 is 2.15 bits per heavy atom. The number of carbonyl (C=O) groups is 1. The van der Waals surface area contributed by atoms with Crippen molar-refractivity contribution in [1.82, 2.24) is 29.5 Å². The van der Waals surface area contributed by atoms with Crippen LogP contribution in [0.2, 0.25) is 0 Å². The minimum absolute atomic E-state index is 0.00494. The molecule has 2 aromatic rings. The Hall–Kier alpha value is -2.28. The fraction of sp³-hybridized carbons (Fsp3) is 0.579. The van der Waals surface area contributed by atoms with Crippen LogP contribution in [0.4, 0.5) is 0 Å². The van der Waals surface area contributed by atoms with Crippen molar-refractivity contribution in [3.05, 3.63) is 41.2 Å². The molecule has 1 saturated heterocycles. The van der Waals surface area contributed by atoms with Gasteiger partial charge in [0.05, 0.1) is 11.7 Å². The molecular weight excluding hydrogens is 328 g/mol. The summed E-state index contributed by atoms with van der Waals surface area (Å²) in [6.45, 7) is 7.48. The van der Waals surface area contributed by atoms with E-state index >= 15 is 0 Å². The van der Waals surface area contributed by atoms with Crippen molar-refractivity contribution in [1.29, 1.82) is 0 Å². The van der Waals surface area contributed by atoms with Crippen LogP contribution >= 0.6 is 0 Å². The molecule has 140 valence electrons. The van der Waals surface area contributed by atoms with Crippen molar-refractivity contribution < 1.29 is 4.79 Å². The lowest BCUT2D eigenvalue weighted by Gasteiger charge is -2.27. The van der Waals surface area contributed by atoms with E-state index in [1.165, 1.54) is 0 Å². The summed E-state index contributed by atoms with van der Waals surface area (Å²) in [5.74, 6) is 0.778. The molecule has 1 aliphatic heterocycles. The summed E-state index contributed by atoms with van der Waals surface area (Å²) < 4.78 is 1.80. The zero-order valence-corrected chi connectivity index (χ0v) is 16.3. The number of aryl methyl sites for hydroxylation is 1. The molecule has 1 atom stereocenters. The third kappa shape index (κ3) is 3.62. The molecule has 0 aliphatic carbocycles. The van der Waals surface area contributed by atoms with Gasteiger partial charge in [-0.1, -0.05) is 0 Å². The third-order valence-electron chi connectivity index (χ3n) is 4.71. The molecule has 0 N–H and O–H groups in total. The van der Waals surface area contributed by atoms with Crippen LogP contribution in [0.5, 0.6) is 0 Å². The lowest BCUT2D eigenvalue weighted by Crippen LogP contribution is -2.34. The maximum atomic E-state index is 13.2. The van der Waals surface area contributed by atoms with E-state index in [2.05, 4.69) is 15.0 Å². The van der Waals surface area contributed by atoms with Gasteiger partial charge in [0.2, 0.25) is 0 Å². The van der Waals surface area contributed by atoms with Gasteiger partial charge in [0, 0.05) is 37.1 Å². The molecule has 3 rings (SSSR count). The minimum atomic E-state index is -0.00494. The fourth-order valence-corrected chi connectivity index (χ4v) is 3.60. The number of hydrogen-bond donors (Lipinski definition) is 0. The highest BCUT2D eigenvalue weighted by Gasteiger charge is 2.34. The van der Waals surface area contributed by atoms with Gasteiger partial charge >= 0.3 is 0 Å². The van der Waals surface area contributed by atoms with E-state index in [1.807, 2.05) is 52.0 Å². The zero-order chi connectivity index (χ0) is 18.8. The molecule has 3 heterocycles. The fourth-order valence-electron chi connectivity index (χ4n) is 3.60. The zero-order valence-electron chi connectivity index (χ0n) is 16.3. The van der Waals surface area contributed by atoms with Crippen molar-refractivity contribution in [2.45, 2.75) is 52.2 Å². The maximum absolute atomic E-state index is 13.2. The second kappa shape index (κ2) is 7.53. The van der Waals surface area contributed by atoms with E-state index in [1.54, 1.807) is 10.9 Å². The smallest absolute Gasteiger partial charge is 0.272 e. The number of carbonyl (C=O) groups excluding carboxylic acids is 1. The van der Waals surface area contributed by atoms with Crippen molar-refractivity contribution in [3.63, 3.8) is 0 Å². The Kier molecular flexibility index (Phi) is 5.36. The summed E-state index contributed by atoms with van der Waals surface area (Å²) in [4.78, 5) is 26.4. The molecule has 0 bridgehead atoms. The minimum Gasteiger partial charge on any atom is -0.329 e. The SMILES string of the molecule is Cc1ncc(CN(C)C)c([C@H]2CCCN2C(=O)c2ccnn2C(C)C)n1. The lowest BCUT2D eigenvalue weighted by atomic mass is 10.1. The molecule has 1 amide bonds. The van der Waals surface area contributed by atoms with E-state index in [0.29, 0.717) is 5.69 Å². The van der Waals surface area contributed by atoms with Gasteiger partial charge in [-0.25, -0.2) is 9.97 Å². The van der Waals surface area contributed by atoms with Crippen LogP contribution in [0.15, 0.2) is 18.5 Å². The van der Waals surface area contributed by atoms with Gasteiger partial charge in [-0.3, -0.25) is 9.48 Å². The first kappa shape index (κ1) is 18.5. The van der Waals surface area contributed by atoms with Crippen molar-refractivity contribution in [2.75, 3.05) is 20.6 Å². The van der Waals surface area contributed by atoms with E-state index in [0.717, 1.165) is 43.0 Å². The van der Waals surface area contributed by atoms with Gasteiger partial charge in [0.1, 0.15) is 11.5 Å². The Morgan fingerprint density at radius 1 is 1.38 bits per heavy atom. The average molecular weight is 356 g/mol. The number of likely N-dealkylation sites (tertiary alicyclic amines) is 1. The molecule has 2 aromatic heterocycles. The maximum Gasteiger partial charge on any atom is 0.272 e. The first-order valence-electron chi connectivity index (χ1n) is 9.20. The summed E-state index contributed by atoms with van der Waals surface area (Å²) in [5.41, 5.74) is 2.71. The molecule has 0 saturated carbocycles.